The molecule has 0 radical (unpaired) electrons. The maximum Gasteiger partial charge on any atom is 0.293 e. The molecular formula is C29H20N4O5. The van der Waals surface area contributed by atoms with E-state index in [1.807, 2.05) is 66.7 Å². The van der Waals surface area contributed by atoms with Gasteiger partial charge in [-0.15, -0.1) is 0 Å². The lowest BCUT2D eigenvalue weighted by Gasteiger charge is -2.11. The van der Waals surface area contributed by atoms with Gasteiger partial charge in [0.25, 0.3) is 11.4 Å². The quantitative estimate of drug-likeness (QED) is 0.166. The molecule has 6 rings (SSSR count). The van der Waals surface area contributed by atoms with E-state index in [0.717, 1.165) is 16.8 Å². The van der Waals surface area contributed by atoms with Crippen LogP contribution in [0.15, 0.2) is 91.0 Å². The fraction of sp³-hybridized carbons (Fsp3) is 0.0345. The van der Waals surface area contributed by atoms with Crippen molar-refractivity contribution in [3.63, 3.8) is 0 Å². The van der Waals surface area contributed by atoms with Gasteiger partial charge in [0.05, 0.1) is 16.5 Å². The molecular weight excluding hydrogens is 484 g/mol. The molecule has 0 saturated carbocycles. The third-order valence-corrected chi connectivity index (χ3v) is 6.70. The molecule has 9 heteroatoms. The molecule has 9 nitrogen and oxygen atoms in total. The summed E-state index contributed by atoms with van der Waals surface area (Å²) in [5.41, 5.74) is 4.71. The van der Waals surface area contributed by atoms with E-state index in [4.69, 9.17) is 0 Å². The first-order chi connectivity index (χ1) is 18.4. The van der Waals surface area contributed by atoms with Crippen molar-refractivity contribution in [1.29, 1.82) is 0 Å². The van der Waals surface area contributed by atoms with Gasteiger partial charge in [-0.05, 0) is 46.0 Å². The normalized spacial score (nSPS) is 11.3. The fourth-order valence-corrected chi connectivity index (χ4v) is 5.01. The number of hydrogen-bond donors (Lipinski definition) is 3. The Labute approximate surface area is 215 Å². The van der Waals surface area contributed by atoms with Gasteiger partial charge in [0, 0.05) is 34.3 Å². The Bertz CT molecular complexity index is 1860. The van der Waals surface area contributed by atoms with E-state index in [0.29, 0.717) is 38.7 Å². The van der Waals surface area contributed by atoms with E-state index in [1.54, 1.807) is 12.1 Å². The smallest absolute Gasteiger partial charge is 0.293 e. The maximum absolute atomic E-state index is 12.1. The highest BCUT2D eigenvalue weighted by Gasteiger charge is 2.25. The van der Waals surface area contributed by atoms with Gasteiger partial charge < -0.3 is 15.1 Å². The van der Waals surface area contributed by atoms with Crippen LogP contribution in [0.4, 0.5) is 11.4 Å². The number of rotatable bonds is 6. The first kappa shape index (κ1) is 23.1. The van der Waals surface area contributed by atoms with E-state index in [9.17, 15) is 25.3 Å². The molecule has 2 aromatic heterocycles. The minimum Gasteiger partial charge on any atom is -0.392 e. The molecule has 0 atom stereocenters. The number of fused-ring (bicyclic) bond motifs is 2. The molecule has 0 saturated heterocycles. The second-order valence-electron chi connectivity index (χ2n) is 8.95. The van der Waals surface area contributed by atoms with Crippen LogP contribution in [0.3, 0.4) is 0 Å². The lowest BCUT2D eigenvalue weighted by Crippen LogP contribution is -1.97. The summed E-state index contributed by atoms with van der Waals surface area (Å²) in [5, 5.41) is 35.4. The number of non-ortho nitro benzene ring substituents is 2. The van der Waals surface area contributed by atoms with Crippen LogP contribution in [0, 0.1) is 20.2 Å². The van der Waals surface area contributed by atoms with E-state index in [-0.39, 0.29) is 16.9 Å². The van der Waals surface area contributed by atoms with E-state index in [1.165, 1.54) is 12.1 Å². The third kappa shape index (κ3) is 3.78. The molecule has 38 heavy (non-hydrogen) atoms. The van der Waals surface area contributed by atoms with Crippen molar-refractivity contribution < 1.29 is 15.0 Å². The van der Waals surface area contributed by atoms with Crippen molar-refractivity contribution in [2.45, 2.75) is 6.61 Å². The standard InChI is InChI=1S/C29H20N4O5/c34-16-21-14-26(33(37)38)29-22(15-24(31-29)18-9-5-2-6-10-18)27(21)19-11-20-12-23(17-7-3-1-4-8-17)30-28(20)25(13-19)32(35)36/h1-15,30-31,34H,16H2. The van der Waals surface area contributed by atoms with Gasteiger partial charge in [0.15, 0.2) is 0 Å². The van der Waals surface area contributed by atoms with Crippen molar-refractivity contribution in [2.75, 3.05) is 0 Å². The number of nitro benzene ring substituents is 2. The fourth-order valence-electron chi connectivity index (χ4n) is 5.01. The number of hydrogen-bond acceptors (Lipinski definition) is 5. The summed E-state index contributed by atoms with van der Waals surface area (Å²) in [4.78, 5) is 29.5. The SMILES string of the molecule is O=[N+]([O-])c1cc(-c2c(CO)cc([N+](=O)[O-])c3[nH]c(-c4ccccc4)cc23)cc2cc(-c3ccccc3)[nH]c12. The number of aliphatic hydroxyl groups is 1. The highest BCUT2D eigenvalue weighted by molar-refractivity contribution is 6.06. The maximum atomic E-state index is 12.1. The molecule has 0 aliphatic heterocycles. The van der Waals surface area contributed by atoms with Crippen LogP contribution in [0.25, 0.3) is 55.4 Å². The van der Waals surface area contributed by atoms with Crippen molar-refractivity contribution in [3.8, 4) is 33.6 Å². The van der Waals surface area contributed by atoms with Crippen LogP contribution in [0.1, 0.15) is 5.56 Å². The number of nitrogens with one attached hydrogen (secondary N) is 2. The first-order valence-corrected chi connectivity index (χ1v) is 11.8. The summed E-state index contributed by atoms with van der Waals surface area (Å²) in [5.74, 6) is 0. The lowest BCUT2D eigenvalue weighted by molar-refractivity contribution is -0.383. The van der Waals surface area contributed by atoms with Crippen LogP contribution in [-0.2, 0) is 6.61 Å². The summed E-state index contributed by atoms with van der Waals surface area (Å²) in [6, 6.07) is 27.1. The summed E-state index contributed by atoms with van der Waals surface area (Å²) in [6.07, 6.45) is 0. The molecule has 6 aromatic rings. The van der Waals surface area contributed by atoms with Crippen LogP contribution in [0.2, 0.25) is 0 Å². The molecule has 0 bridgehead atoms. The summed E-state index contributed by atoms with van der Waals surface area (Å²) in [7, 11) is 0. The van der Waals surface area contributed by atoms with Crippen LogP contribution in [-0.4, -0.2) is 24.9 Å². The zero-order valence-corrected chi connectivity index (χ0v) is 19.8. The summed E-state index contributed by atoms with van der Waals surface area (Å²) < 4.78 is 0. The zero-order valence-electron chi connectivity index (χ0n) is 19.8. The number of nitrogens with zero attached hydrogens (tertiary/aromatic N) is 2. The van der Waals surface area contributed by atoms with Crippen molar-refractivity contribution in [3.05, 3.63) is 117 Å². The molecule has 0 unspecified atom stereocenters. The number of aliphatic hydroxyl groups excluding tert-OH is 1. The highest BCUT2D eigenvalue weighted by Crippen LogP contribution is 2.43. The Hall–Kier alpha value is -5.28. The highest BCUT2D eigenvalue weighted by atomic mass is 16.6. The summed E-state index contributed by atoms with van der Waals surface area (Å²) >= 11 is 0. The Balaban J connectivity index is 1.65. The van der Waals surface area contributed by atoms with Gasteiger partial charge in [0.2, 0.25) is 0 Å². The number of aromatic amines is 2. The molecule has 0 fully saturated rings. The van der Waals surface area contributed by atoms with Crippen LogP contribution >= 0.6 is 0 Å². The second kappa shape index (κ2) is 8.99. The number of H-pyrrole nitrogens is 2. The van der Waals surface area contributed by atoms with Gasteiger partial charge in [-0.25, -0.2) is 0 Å². The predicted molar refractivity (Wildman–Crippen MR) is 146 cm³/mol. The monoisotopic (exact) mass is 504 g/mol. The minimum atomic E-state index is -0.500. The Morgan fingerprint density at radius 3 is 1.79 bits per heavy atom. The van der Waals surface area contributed by atoms with Crippen molar-refractivity contribution in [1.82, 2.24) is 9.97 Å². The molecule has 2 heterocycles. The number of aromatic nitrogens is 2. The van der Waals surface area contributed by atoms with Gasteiger partial charge in [-0.1, -0.05) is 60.7 Å². The molecule has 0 amide bonds. The molecule has 0 spiro atoms. The third-order valence-electron chi connectivity index (χ3n) is 6.70. The Morgan fingerprint density at radius 2 is 1.21 bits per heavy atom. The van der Waals surface area contributed by atoms with Crippen molar-refractivity contribution >= 4 is 33.2 Å². The van der Waals surface area contributed by atoms with Gasteiger partial charge in [-0.2, -0.15) is 0 Å². The zero-order chi connectivity index (χ0) is 26.4. The van der Waals surface area contributed by atoms with Gasteiger partial charge >= 0.3 is 0 Å². The Kier molecular flexibility index (Phi) is 5.47. The molecule has 4 aromatic carbocycles. The minimum absolute atomic E-state index is 0.131. The molecule has 3 N–H and O–H groups in total. The van der Waals surface area contributed by atoms with Gasteiger partial charge in [0.1, 0.15) is 11.0 Å². The first-order valence-electron chi connectivity index (χ1n) is 11.8. The number of benzene rings is 4. The molecule has 0 aliphatic rings. The van der Waals surface area contributed by atoms with E-state index >= 15 is 0 Å². The average molecular weight is 505 g/mol. The lowest BCUT2D eigenvalue weighted by atomic mass is 9.93. The van der Waals surface area contributed by atoms with E-state index < -0.39 is 16.5 Å². The largest absolute Gasteiger partial charge is 0.392 e. The van der Waals surface area contributed by atoms with Crippen molar-refractivity contribution in [2.24, 2.45) is 0 Å². The Morgan fingerprint density at radius 1 is 0.658 bits per heavy atom. The van der Waals surface area contributed by atoms with Gasteiger partial charge in [-0.3, -0.25) is 20.2 Å². The second-order valence-corrected chi connectivity index (χ2v) is 8.95. The molecule has 0 aliphatic carbocycles. The van der Waals surface area contributed by atoms with Crippen LogP contribution < -0.4 is 0 Å². The topological polar surface area (TPSA) is 138 Å². The summed E-state index contributed by atoms with van der Waals surface area (Å²) in [6.45, 7) is -0.480. The average Bonchev–Trinajstić information content (AvgIpc) is 3.57. The van der Waals surface area contributed by atoms with E-state index in [2.05, 4.69) is 9.97 Å². The predicted octanol–water partition coefficient (Wildman–Crippen LogP) is 6.96. The van der Waals surface area contributed by atoms with Crippen LogP contribution in [0.5, 0.6) is 0 Å². The number of nitro groups is 2. The molecule has 186 valence electrons.